The lowest BCUT2D eigenvalue weighted by Crippen LogP contribution is -2.30. The first-order valence-electron chi connectivity index (χ1n) is 5.87. The van der Waals surface area contributed by atoms with Gasteiger partial charge in [0.05, 0.1) is 12.8 Å². The SMILES string of the molecule is COc1ccc(C(=O)NCCC(=O)N(C)C)cc1N. The molecule has 0 spiro atoms. The Kier molecular flexibility index (Phi) is 5.17. The number of hydrogen-bond acceptors (Lipinski definition) is 4. The molecule has 0 aliphatic carbocycles. The van der Waals surface area contributed by atoms with Gasteiger partial charge in [-0.3, -0.25) is 9.59 Å². The maximum atomic E-state index is 11.8. The first kappa shape index (κ1) is 14.8. The first-order valence-corrected chi connectivity index (χ1v) is 5.87. The molecule has 0 heterocycles. The molecular formula is C13H19N3O3. The van der Waals surface area contributed by atoms with Crippen molar-refractivity contribution in [2.75, 3.05) is 33.5 Å². The monoisotopic (exact) mass is 265 g/mol. The summed E-state index contributed by atoms with van der Waals surface area (Å²) in [5, 5.41) is 2.67. The Morgan fingerprint density at radius 3 is 2.58 bits per heavy atom. The number of benzene rings is 1. The van der Waals surface area contributed by atoms with Crippen molar-refractivity contribution < 1.29 is 14.3 Å². The third-order valence-corrected chi connectivity index (χ3v) is 2.62. The lowest BCUT2D eigenvalue weighted by Gasteiger charge is -2.11. The van der Waals surface area contributed by atoms with Crippen LogP contribution in [0.15, 0.2) is 18.2 Å². The van der Waals surface area contributed by atoms with Gasteiger partial charge in [-0.15, -0.1) is 0 Å². The number of methoxy groups -OCH3 is 1. The number of carbonyl (C=O) groups is 2. The van der Waals surface area contributed by atoms with Crippen molar-refractivity contribution in [3.8, 4) is 5.75 Å². The minimum absolute atomic E-state index is 0.0328. The van der Waals surface area contributed by atoms with Crippen LogP contribution in [0.4, 0.5) is 5.69 Å². The van der Waals surface area contributed by atoms with Crippen LogP contribution in [-0.4, -0.2) is 44.5 Å². The minimum Gasteiger partial charge on any atom is -0.495 e. The van der Waals surface area contributed by atoms with Gasteiger partial charge in [0, 0.05) is 32.6 Å². The second-order valence-corrected chi connectivity index (χ2v) is 4.25. The molecule has 0 unspecified atom stereocenters. The predicted octanol–water partition coefficient (Wildman–Crippen LogP) is 0.486. The number of rotatable bonds is 5. The van der Waals surface area contributed by atoms with E-state index < -0.39 is 0 Å². The number of carbonyl (C=O) groups excluding carboxylic acids is 2. The second kappa shape index (κ2) is 6.63. The molecule has 0 atom stereocenters. The van der Waals surface area contributed by atoms with Crippen molar-refractivity contribution in [1.82, 2.24) is 10.2 Å². The number of nitrogen functional groups attached to an aromatic ring is 1. The van der Waals surface area contributed by atoms with Gasteiger partial charge in [-0.1, -0.05) is 0 Å². The third kappa shape index (κ3) is 4.17. The quantitative estimate of drug-likeness (QED) is 0.759. The van der Waals surface area contributed by atoms with Crippen LogP contribution in [-0.2, 0) is 4.79 Å². The Morgan fingerprint density at radius 1 is 1.37 bits per heavy atom. The highest BCUT2D eigenvalue weighted by Crippen LogP contribution is 2.21. The molecule has 1 aromatic carbocycles. The molecule has 104 valence electrons. The summed E-state index contributed by atoms with van der Waals surface area (Å²) in [6.07, 6.45) is 0.268. The van der Waals surface area contributed by atoms with Crippen LogP contribution in [0, 0.1) is 0 Å². The highest BCUT2D eigenvalue weighted by molar-refractivity contribution is 5.95. The Balaban J connectivity index is 2.54. The van der Waals surface area contributed by atoms with E-state index in [0.717, 1.165) is 0 Å². The molecule has 0 saturated heterocycles. The number of hydrogen-bond donors (Lipinski definition) is 2. The van der Waals surface area contributed by atoms with Gasteiger partial charge in [-0.2, -0.15) is 0 Å². The highest BCUT2D eigenvalue weighted by atomic mass is 16.5. The van der Waals surface area contributed by atoms with Gasteiger partial charge in [-0.05, 0) is 18.2 Å². The van der Waals surface area contributed by atoms with Gasteiger partial charge in [0.2, 0.25) is 5.91 Å². The zero-order valence-electron chi connectivity index (χ0n) is 11.4. The first-order chi connectivity index (χ1) is 8.95. The van der Waals surface area contributed by atoms with Gasteiger partial charge < -0.3 is 20.7 Å². The van der Waals surface area contributed by atoms with E-state index in [4.69, 9.17) is 10.5 Å². The van der Waals surface area contributed by atoms with E-state index in [9.17, 15) is 9.59 Å². The number of anilines is 1. The van der Waals surface area contributed by atoms with E-state index in [-0.39, 0.29) is 18.2 Å². The maximum absolute atomic E-state index is 11.8. The summed E-state index contributed by atoms with van der Waals surface area (Å²) >= 11 is 0. The number of ether oxygens (including phenoxy) is 1. The van der Waals surface area contributed by atoms with E-state index in [1.807, 2.05) is 0 Å². The Labute approximate surface area is 112 Å². The topological polar surface area (TPSA) is 84.7 Å². The highest BCUT2D eigenvalue weighted by Gasteiger charge is 2.09. The van der Waals surface area contributed by atoms with E-state index >= 15 is 0 Å². The Bertz CT molecular complexity index is 472. The molecule has 19 heavy (non-hydrogen) atoms. The second-order valence-electron chi connectivity index (χ2n) is 4.25. The molecule has 1 rings (SSSR count). The molecule has 3 N–H and O–H groups in total. The number of nitrogens with zero attached hydrogens (tertiary/aromatic N) is 1. The summed E-state index contributed by atoms with van der Waals surface area (Å²) in [5.41, 5.74) is 6.56. The molecule has 6 nitrogen and oxygen atoms in total. The van der Waals surface area contributed by atoms with Gasteiger partial charge in [-0.25, -0.2) is 0 Å². The van der Waals surface area contributed by atoms with Crippen molar-refractivity contribution in [3.05, 3.63) is 23.8 Å². The molecular weight excluding hydrogens is 246 g/mol. The largest absolute Gasteiger partial charge is 0.495 e. The van der Waals surface area contributed by atoms with Crippen molar-refractivity contribution in [2.45, 2.75) is 6.42 Å². The molecule has 0 aromatic heterocycles. The molecule has 1 aromatic rings. The lowest BCUT2D eigenvalue weighted by molar-refractivity contribution is -0.128. The number of amides is 2. The van der Waals surface area contributed by atoms with E-state index in [1.165, 1.54) is 12.0 Å². The Hall–Kier alpha value is -2.24. The average Bonchev–Trinajstić information content (AvgIpc) is 2.38. The normalized spacial score (nSPS) is 9.84. The summed E-state index contributed by atoms with van der Waals surface area (Å²) in [5.74, 6) is 0.231. The van der Waals surface area contributed by atoms with E-state index in [0.29, 0.717) is 23.5 Å². The van der Waals surface area contributed by atoms with Crippen LogP contribution in [0.2, 0.25) is 0 Å². The number of nitrogens with one attached hydrogen (secondary N) is 1. The molecule has 0 saturated carbocycles. The van der Waals surface area contributed by atoms with Crippen LogP contribution >= 0.6 is 0 Å². The van der Waals surface area contributed by atoms with Crippen LogP contribution in [0.25, 0.3) is 0 Å². The molecule has 0 fully saturated rings. The van der Waals surface area contributed by atoms with Crippen molar-refractivity contribution in [3.63, 3.8) is 0 Å². The molecule has 0 aliphatic rings. The van der Waals surface area contributed by atoms with Crippen LogP contribution < -0.4 is 15.8 Å². The zero-order valence-corrected chi connectivity index (χ0v) is 11.4. The lowest BCUT2D eigenvalue weighted by atomic mass is 10.1. The van der Waals surface area contributed by atoms with Gasteiger partial charge in [0.15, 0.2) is 0 Å². The van der Waals surface area contributed by atoms with E-state index in [2.05, 4.69) is 5.32 Å². The average molecular weight is 265 g/mol. The smallest absolute Gasteiger partial charge is 0.251 e. The standard InChI is InChI=1S/C13H19N3O3/c1-16(2)12(17)6-7-15-13(18)9-4-5-11(19-3)10(14)8-9/h4-5,8H,6-7,14H2,1-3H3,(H,15,18). The van der Waals surface area contributed by atoms with Crippen LogP contribution in [0.1, 0.15) is 16.8 Å². The zero-order chi connectivity index (χ0) is 14.4. The van der Waals surface area contributed by atoms with Crippen LogP contribution in [0.3, 0.4) is 0 Å². The third-order valence-electron chi connectivity index (χ3n) is 2.62. The summed E-state index contributed by atoms with van der Waals surface area (Å²) in [7, 11) is 4.86. The van der Waals surface area contributed by atoms with Gasteiger partial charge in [0.1, 0.15) is 5.75 Å². The fraction of sp³-hybridized carbons (Fsp3) is 0.385. The van der Waals surface area contributed by atoms with E-state index in [1.54, 1.807) is 32.3 Å². The van der Waals surface area contributed by atoms with Crippen LogP contribution in [0.5, 0.6) is 5.75 Å². The molecule has 0 bridgehead atoms. The minimum atomic E-state index is -0.263. The molecule has 2 amide bonds. The molecule has 0 aliphatic heterocycles. The van der Waals surface area contributed by atoms with Crippen molar-refractivity contribution in [2.24, 2.45) is 0 Å². The van der Waals surface area contributed by atoms with Gasteiger partial charge >= 0.3 is 0 Å². The summed E-state index contributed by atoms with van der Waals surface area (Å²) in [6.45, 7) is 0.293. The van der Waals surface area contributed by atoms with Crippen molar-refractivity contribution in [1.29, 1.82) is 0 Å². The summed E-state index contributed by atoms with van der Waals surface area (Å²) in [6, 6.07) is 4.80. The summed E-state index contributed by atoms with van der Waals surface area (Å²) in [4.78, 5) is 24.6. The Morgan fingerprint density at radius 2 is 2.05 bits per heavy atom. The summed E-state index contributed by atoms with van der Waals surface area (Å²) < 4.78 is 5.01. The maximum Gasteiger partial charge on any atom is 0.251 e. The fourth-order valence-corrected chi connectivity index (χ4v) is 1.48. The number of nitrogens with two attached hydrogens (primary N) is 1. The fourth-order valence-electron chi connectivity index (χ4n) is 1.48. The molecule has 0 radical (unpaired) electrons. The molecule has 6 heteroatoms. The van der Waals surface area contributed by atoms with Crippen molar-refractivity contribution >= 4 is 17.5 Å². The predicted molar refractivity (Wildman–Crippen MR) is 73.1 cm³/mol. The van der Waals surface area contributed by atoms with Gasteiger partial charge in [0.25, 0.3) is 5.91 Å².